The van der Waals surface area contributed by atoms with E-state index in [0.717, 1.165) is 25.7 Å². The Morgan fingerprint density at radius 1 is 1.28 bits per heavy atom. The van der Waals surface area contributed by atoms with Gasteiger partial charge in [-0.2, -0.15) is 0 Å². The lowest BCUT2D eigenvalue weighted by atomic mass is 10.1. The van der Waals surface area contributed by atoms with Crippen molar-refractivity contribution >= 4 is 11.6 Å². The number of carbonyl (C=O) groups excluding carboxylic acids is 1. The van der Waals surface area contributed by atoms with Crippen LogP contribution in [0.15, 0.2) is 23.1 Å². The predicted molar refractivity (Wildman–Crippen MR) is 72.5 cm³/mol. The molecule has 0 radical (unpaired) electrons. The number of unbranched alkanes of at least 4 members (excludes halogenated alkanes) is 3. The summed E-state index contributed by atoms with van der Waals surface area (Å²) in [5.41, 5.74) is 5.96. The predicted octanol–water partition coefficient (Wildman–Crippen LogP) is 1.23. The lowest BCUT2D eigenvalue weighted by Gasteiger charge is -2.06. The summed E-state index contributed by atoms with van der Waals surface area (Å²) in [5, 5.41) is 2.78. The number of aromatic nitrogens is 1. The van der Waals surface area contributed by atoms with E-state index in [9.17, 15) is 9.59 Å². The van der Waals surface area contributed by atoms with Crippen LogP contribution in [-0.4, -0.2) is 17.0 Å². The molecule has 0 aliphatic heterocycles. The number of rotatable bonds is 7. The van der Waals surface area contributed by atoms with Crippen LogP contribution in [-0.2, 0) is 11.8 Å². The van der Waals surface area contributed by atoms with Gasteiger partial charge in [-0.05, 0) is 25.5 Å². The summed E-state index contributed by atoms with van der Waals surface area (Å²) < 4.78 is 1.44. The van der Waals surface area contributed by atoms with Gasteiger partial charge in [-0.25, -0.2) is 0 Å². The van der Waals surface area contributed by atoms with E-state index < -0.39 is 0 Å². The molecule has 0 aliphatic carbocycles. The summed E-state index contributed by atoms with van der Waals surface area (Å²) in [6.07, 6.45) is 6.11. The molecule has 0 bridgehead atoms. The van der Waals surface area contributed by atoms with Gasteiger partial charge in [-0.3, -0.25) is 9.59 Å². The van der Waals surface area contributed by atoms with Crippen LogP contribution in [0.5, 0.6) is 0 Å². The second kappa shape index (κ2) is 7.66. The van der Waals surface area contributed by atoms with Gasteiger partial charge < -0.3 is 15.6 Å². The number of hydrogen-bond acceptors (Lipinski definition) is 3. The SMILES string of the molecule is Cn1cc(NC(=O)CCCCCCN)ccc1=O. The van der Waals surface area contributed by atoms with Gasteiger partial charge in [-0.1, -0.05) is 12.8 Å². The van der Waals surface area contributed by atoms with E-state index in [0.29, 0.717) is 18.7 Å². The summed E-state index contributed by atoms with van der Waals surface area (Å²) >= 11 is 0. The molecule has 0 atom stereocenters. The van der Waals surface area contributed by atoms with Crippen molar-refractivity contribution in [2.24, 2.45) is 12.8 Å². The third kappa shape index (κ3) is 5.14. The molecule has 100 valence electrons. The van der Waals surface area contributed by atoms with Crippen molar-refractivity contribution in [2.45, 2.75) is 32.1 Å². The molecular formula is C13H21N3O2. The highest BCUT2D eigenvalue weighted by atomic mass is 16.1. The Morgan fingerprint density at radius 3 is 2.67 bits per heavy atom. The Labute approximate surface area is 107 Å². The number of hydrogen-bond donors (Lipinski definition) is 2. The van der Waals surface area contributed by atoms with Crippen LogP contribution in [0.25, 0.3) is 0 Å². The molecule has 0 aromatic carbocycles. The molecule has 18 heavy (non-hydrogen) atoms. The van der Waals surface area contributed by atoms with E-state index >= 15 is 0 Å². The van der Waals surface area contributed by atoms with Gasteiger partial charge in [0.25, 0.3) is 0 Å². The minimum Gasteiger partial charge on any atom is -0.330 e. The van der Waals surface area contributed by atoms with Gasteiger partial charge in [0, 0.05) is 25.7 Å². The summed E-state index contributed by atoms with van der Waals surface area (Å²) in [5.74, 6) is -0.0126. The fourth-order valence-corrected chi connectivity index (χ4v) is 1.67. The monoisotopic (exact) mass is 251 g/mol. The highest BCUT2D eigenvalue weighted by Crippen LogP contribution is 2.06. The standard InChI is InChI=1S/C13H21N3O2/c1-16-10-11(7-8-13(16)18)15-12(17)6-4-2-3-5-9-14/h7-8,10H,2-6,9,14H2,1H3,(H,15,17). The second-order valence-electron chi connectivity index (χ2n) is 4.37. The third-order valence-corrected chi connectivity index (χ3v) is 2.73. The van der Waals surface area contributed by atoms with E-state index in [-0.39, 0.29) is 11.5 Å². The van der Waals surface area contributed by atoms with Crippen LogP contribution in [0.1, 0.15) is 32.1 Å². The Kier molecular flexibility index (Phi) is 6.14. The van der Waals surface area contributed by atoms with Gasteiger partial charge >= 0.3 is 0 Å². The third-order valence-electron chi connectivity index (χ3n) is 2.73. The number of anilines is 1. The molecule has 1 aromatic heterocycles. The van der Waals surface area contributed by atoms with Crippen molar-refractivity contribution in [3.8, 4) is 0 Å². The normalized spacial score (nSPS) is 10.3. The van der Waals surface area contributed by atoms with E-state index in [1.807, 2.05) is 0 Å². The number of pyridine rings is 1. The first-order valence-corrected chi connectivity index (χ1v) is 6.30. The molecule has 0 spiro atoms. The first-order valence-electron chi connectivity index (χ1n) is 6.30. The maximum Gasteiger partial charge on any atom is 0.250 e. The molecular weight excluding hydrogens is 230 g/mol. The number of carbonyl (C=O) groups is 1. The van der Waals surface area contributed by atoms with E-state index in [2.05, 4.69) is 5.32 Å². The Hall–Kier alpha value is -1.62. The van der Waals surface area contributed by atoms with Crippen molar-refractivity contribution in [2.75, 3.05) is 11.9 Å². The zero-order chi connectivity index (χ0) is 13.4. The molecule has 1 heterocycles. The first-order chi connectivity index (χ1) is 8.63. The Balaban J connectivity index is 2.31. The van der Waals surface area contributed by atoms with Crippen LogP contribution in [0, 0.1) is 0 Å². The summed E-state index contributed by atoms with van der Waals surface area (Å²) in [7, 11) is 1.66. The average molecular weight is 251 g/mol. The number of nitrogens with one attached hydrogen (secondary N) is 1. The molecule has 0 saturated heterocycles. The number of nitrogens with two attached hydrogens (primary N) is 1. The molecule has 5 heteroatoms. The molecule has 3 N–H and O–H groups in total. The van der Waals surface area contributed by atoms with Gasteiger partial charge in [0.2, 0.25) is 11.5 Å². The second-order valence-corrected chi connectivity index (χ2v) is 4.37. The molecule has 1 aromatic rings. The lowest BCUT2D eigenvalue weighted by Crippen LogP contribution is -2.17. The molecule has 0 aliphatic rings. The number of aryl methyl sites for hydroxylation is 1. The van der Waals surface area contributed by atoms with Crippen LogP contribution in [0.2, 0.25) is 0 Å². The van der Waals surface area contributed by atoms with E-state index in [1.54, 1.807) is 19.3 Å². The minimum absolute atomic E-state index is 0.0126. The zero-order valence-electron chi connectivity index (χ0n) is 10.8. The molecule has 0 unspecified atom stereocenters. The van der Waals surface area contributed by atoms with Crippen LogP contribution in [0.4, 0.5) is 5.69 Å². The van der Waals surface area contributed by atoms with Crippen LogP contribution < -0.4 is 16.6 Å². The van der Waals surface area contributed by atoms with Crippen LogP contribution in [0.3, 0.4) is 0 Å². The molecule has 1 amide bonds. The van der Waals surface area contributed by atoms with Crippen molar-refractivity contribution in [1.82, 2.24) is 4.57 Å². The molecule has 0 fully saturated rings. The fourth-order valence-electron chi connectivity index (χ4n) is 1.67. The van der Waals surface area contributed by atoms with Gasteiger partial charge in [0.05, 0.1) is 5.69 Å². The smallest absolute Gasteiger partial charge is 0.250 e. The first kappa shape index (κ1) is 14.4. The highest BCUT2D eigenvalue weighted by molar-refractivity contribution is 5.90. The molecule has 1 rings (SSSR count). The van der Waals surface area contributed by atoms with E-state index in [1.165, 1.54) is 10.6 Å². The fraction of sp³-hybridized carbons (Fsp3) is 0.538. The average Bonchev–Trinajstić information content (AvgIpc) is 2.34. The van der Waals surface area contributed by atoms with Gasteiger partial charge in [0.1, 0.15) is 0 Å². The zero-order valence-corrected chi connectivity index (χ0v) is 10.8. The highest BCUT2D eigenvalue weighted by Gasteiger charge is 2.02. The van der Waals surface area contributed by atoms with Crippen molar-refractivity contribution in [3.63, 3.8) is 0 Å². The largest absolute Gasteiger partial charge is 0.330 e. The topological polar surface area (TPSA) is 77.1 Å². The van der Waals surface area contributed by atoms with Crippen LogP contribution >= 0.6 is 0 Å². The Morgan fingerprint density at radius 2 is 2.00 bits per heavy atom. The quantitative estimate of drug-likeness (QED) is 0.716. The van der Waals surface area contributed by atoms with Gasteiger partial charge in [0.15, 0.2) is 0 Å². The Bertz CT molecular complexity index is 440. The van der Waals surface area contributed by atoms with E-state index in [4.69, 9.17) is 5.73 Å². The van der Waals surface area contributed by atoms with Gasteiger partial charge in [-0.15, -0.1) is 0 Å². The molecule has 5 nitrogen and oxygen atoms in total. The maximum atomic E-state index is 11.6. The van der Waals surface area contributed by atoms with Crippen molar-refractivity contribution in [3.05, 3.63) is 28.7 Å². The van der Waals surface area contributed by atoms with Crippen molar-refractivity contribution in [1.29, 1.82) is 0 Å². The number of nitrogens with zero attached hydrogens (tertiary/aromatic N) is 1. The summed E-state index contributed by atoms with van der Waals surface area (Å²) in [6.45, 7) is 0.713. The minimum atomic E-state index is -0.0882. The van der Waals surface area contributed by atoms with Crippen molar-refractivity contribution < 1.29 is 4.79 Å². The molecule has 0 saturated carbocycles. The summed E-state index contributed by atoms with van der Waals surface area (Å²) in [6, 6.07) is 3.06. The number of amides is 1. The maximum absolute atomic E-state index is 11.6. The summed E-state index contributed by atoms with van der Waals surface area (Å²) in [4.78, 5) is 22.8. The lowest BCUT2D eigenvalue weighted by molar-refractivity contribution is -0.116.